The third-order valence-corrected chi connectivity index (χ3v) is 3.51. The van der Waals surface area contributed by atoms with E-state index in [1.165, 1.54) is 16.3 Å². The number of hydrogen-bond donors (Lipinski definition) is 1. The Hall–Kier alpha value is -2.29. The van der Waals surface area contributed by atoms with Gasteiger partial charge < -0.3 is 5.73 Å². The number of fused-ring (bicyclic) bond motifs is 1. The van der Waals surface area contributed by atoms with Crippen molar-refractivity contribution in [2.24, 2.45) is 0 Å². The molecule has 0 saturated carbocycles. The summed E-state index contributed by atoms with van der Waals surface area (Å²) in [4.78, 5) is 0. The summed E-state index contributed by atoms with van der Waals surface area (Å²) in [7, 11) is 0. The molecule has 0 amide bonds. The first-order chi connectivity index (χ1) is 9.15. The fraction of sp³-hybridized carbons (Fsp3) is 0.188. The molecule has 1 unspecified atom stereocenters. The summed E-state index contributed by atoms with van der Waals surface area (Å²) in [5, 5.41) is 6.96. The van der Waals surface area contributed by atoms with Crippen molar-refractivity contribution in [2.75, 3.05) is 5.73 Å². The van der Waals surface area contributed by atoms with Crippen LogP contribution in [0.2, 0.25) is 0 Å². The third-order valence-electron chi connectivity index (χ3n) is 3.51. The van der Waals surface area contributed by atoms with Gasteiger partial charge in [-0.05, 0) is 36.2 Å². The number of hydrogen-bond acceptors (Lipinski definition) is 2. The van der Waals surface area contributed by atoms with E-state index in [1.54, 1.807) is 0 Å². The standard InChI is InChI=1S/C16H17N3/c1-11-9-16(17)19(18-11)12(2)14-8-7-13-5-3-4-6-15(13)10-14/h3-10,12H,17H2,1-2H3. The van der Waals surface area contributed by atoms with Crippen molar-refractivity contribution in [3.63, 3.8) is 0 Å². The predicted molar refractivity (Wildman–Crippen MR) is 79.1 cm³/mol. The minimum Gasteiger partial charge on any atom is -0.384 e. The number of nitrogen functional groups attached to an aromatic ring is 1. The summed E-state index contributed by atoms with van der Waals surface area (Å²) in [6, 6.07) is 16.9. The highest BCUT2D eigenvalue weighted by Gasteiger charge is 2.12. The molecule has 3 nitrogen and oxygen atoms in total. The minimum atomic E-state index is 0.137. The van der Waals surface area contributed by atoms with Crippen LogP contribution in [0.25, 0.3) is 10.8 Å². The average Bonchev–Trinajstić information content (AvgIpc) is 2.76. The molecule has 0 spiro atoms. The number of nitrogens with zero attached hydrogens (tertiary/aromatic N) is 2. The molecule has 0 aliphatic heterocycles. The third kappa shape index (κ3) is 2.08. The van der Waals surface area contributed by atoms with Gasteiger partial charge in [-0.25, -0.2) is 4.68 Å². The molecule has 2 aromatic carbocycles. The summed E-state index contributed by atoms with van der Waals surface area (Å²) in [5.74, 6) is 0.707. The quantitative estimate of drug-likeness (QED) is 0.757. The van der Waals surface area contributed by atoms with E-state index in [0.29, 0.717) is 5.82 Å². The lowest BCUT2D eigenvalue weighted by atomic mass is 10.0. The highest BCUT2D eigenvalue weighted by Crippen LogP contribution is 2.24. The second-order valence-electron chi connectivity index (χ2n) is 4.94. The van der Waals surface area contributed by atoms with E-state index in [9.17, 15) is 0 Å². The lowest BCUT2D eigenvalue weighted by Gasteiger charge is -2.15. The van der Waals surface area contributed by atoms with E-state index in [4.69, 9.17) is 5.73 Å². The SMILES string of the molecule is Cc1cc(N)n(C(C)c2ccc3ccccc3c2)n1. The molecule has 0 radical (unpaired) electrons. The van der Waals surface area contributed by atoms with Gasteiger partial charge in [-0.15, -0.1) is 0 Å². The van der Waals surface area contributed by atoms with Gasteiger partial charge >= 0.3 is 0 Å². The number of aromatic nitrogens is 2. The van der Waals surface area contributed by atoms with Gasteiger partial charge in [-0.2, -0.15) is 5.10 Å². The number of benzene rings is 2. The summed E-state index contributed by atoms with van der Waals surface area (Å²) in [5.41, 5.74) is 8.16. The molecule has 1 atom stereocenters. The molecule has 96 valence electrons. The Bertz CT molecular complexity index is 728. The molecular weight excluding hydrogens is 234 g/mol. The van der Waals surface area contributed by atoms with Crippen LogP contribution in [0.1, 0.15) is 24.2 Å². The van der Waals surface area contributed by atoms with Gasteiger partial charge in [-0.1, -0.05) is 36.4 Å². The highest BCUT2D eigenvalue weighted by atomic mass is 15.3. The topological polar surface area (TPSA) is 43.8 Å². The first-order valence-electron chi connectivity index (χ1n) is 6.45. The van der Waals surface area contributed by atoms with Crippen LogP contribution in [0.3, 0.4) is 0 Å². The van der Waals surface area contributed by atoms with Gasteiger partial charge in [0.05, 0.1) is 11.7 Å². The van der Waals surface area contributed by atoms with Gasteiger partial charge in [0.1, 0.15) is 5.82 Å². The summed E-state index contributed by atoms with van der Waals surface area (Å²) in [6.07, 6.45) is 0. The maximum absolute atomic E-state index is 5.99. The van der Waals surface area contributed by atoms with E-state index >= 15 is 0 Å². The van der Waals surface area contributed by atoms with Crippen LogP contribution >= 0.6 is 0 Å². The molecule has 3 heteroatoms. The van der Waals surface area contributed by atoms with Gasteiger partial charge in [-0.3, -0.25) is 0 Å². The fourth-order valence-electron chi connectivity index (χ4n) is 2.46. The van der Waals surface area contributed by atoms with Crippen LogP contribution in [0.4, 0.5) is 5.82 Å². The lowest BCUT2D eigenvalue weighted by Crippen LogP contribution is -2.11. The van der Waals surface area contributed by atoms with Crippen LogP contribution in [0.5, 0.6) is 0 Å². The molecule has 1 aromatic heterocycles. The first kappa shape index (κ1) is 11.8. The number of rotatable bonds is 2. The summed E-state index contributed by atoms with van der Waals surface area (Å²) in [6.45, 7) is 4.08. The number of aryl methyl sites for hydroxylation is 1. The predicted octanol–water partition coefficient (Wildman–Crippen LogP) is 3.54. The first-order valence-corrected chi connectivity index (χ1v) is 6.45. The van der Waals surface area contributed by atoms with Crippen LogP contribution < -0.4 is 5.73 Å². The van der Waals surface area contributed by atoms with Crippen molar-refractivity contribution in [1.82, 2.24) is 9.78 Å². The average molecular weight is 251 g/mol. The molecule has 19 heavy (non-hydrogen) atoms. The van der Waals surface area contributed by atoms with Gasteiger partial charge in [0.25, 0.3) is 0 Å². The van der Waals surface area contributed by atoms with Crippen molar-refractivity contribution in [1.29, 1.82) is 0 Å². The van der Waals surface area contributed by atoms with E-state index in [0.717, 1.165) is 5.69 Å². The van der Waals surface area contributed by atoms with Crippen molar-refractivity contribution in [2.45, 2.75) is 19.9 Å². The Morgan fingerprint density at radius 3 is 2.47 bits per heavy atom. The molecule has 0 saturated heterocycles. The molecule has 3 aromatic rings. The van der Waals surface area contributed by atoms with Crippen LogP contribution in [0, 0.1) is 6.92 Å². The Kier molecular flexibility index (Phi) is 2.75. The second kappa shape index (κ2) is 4.43. The van der Waals surface area contributed by atoms with Gasteiger partial charge in [0.2, 0.25) is 0 Å². The number of anilines is 1. The molecular formula is C16H17N3. The van der Waals surface area contributed by atoms with E-state index in [2.05, 4.69) is 54.5 Å². The molecule has 3 rings (SSSR count). The van der Waals surface area contributed by atoms with Crippen LogP contribution in [-0.2, 0) is 0 Å². The van der Waals surface area contributed by atoms with Crippen LogP contribution in [0.15, 0.2) is 48.5 Å². The monoisotopic (exact) mass is 251 g/mol. The molecule has 0 aliphatic carbocycles. The Labute approximate surface area is 112 Å². The number of nitrogens with two attached hydrogens (primary N) is 1. The molecule has 1 heterocycles. The van der Waals surface area contributed by atoms with Gasteiger partial charge in [0.15, 0.2) is 0 Å². The maximum Gasteiger partial charge on any atom is 0.122 e. The highest BCUT2D eigenvalue weighted by molar-refractivity contribution is 5.83. The molecule has 0 aliphatic rings. The minimum absolute atomic E-state index is 0.137. The van der Waals surface area contributed by atoms with E-state index in [1.807, 2.05) is 17.7 Å². The van der Waals surface area contributed by atoms with Crippen molar-refractivity contribution in [3.05, 3.63) is 59.8 Å². The normalized spacial score (nSPS) is 12.7. The zero-order chi connectivity index (χ0) is 13.4. The lowest BCUT2D eigenvalue weighted by molar-refractivity contribution is 0.569. The van der Waals surface area contributed by atoms with Crippen molar-refractivity contribution in [3.8, 4) is 0 Å². The molecule has 0 bridgehead atoms. The Morgan fingerprint density at radius 2 is 1.79 bits per heavy atom. The van der Waals surface area contributed by atoms with Gasteiger partial charge in [0, 0.05) is 6.07 Å². The smallest absolute Gasteiger partial charge is 0.122 e. The van der Waals surface area contributed by atoms with Crippen molar-refractivity contribution < 1.29 is 0 Å². The fourth-order valence-corrected chi connectivity index (χ4v) is 2.46. The maximum atomic E-state index is 5.99. The van der Waals surface area contributed by atoms with Crippen LogP contribution in [-0.4, -0.2) is 9.78 Å². The molecule has 0 fully saturated rings. The second-order valence-corrected chi connectivity index (χ2v) is 4.94. The zero-order valence-electron chi connectivity index (χ0n) is 11.2. The molecule has 2 N–H and O–H groups in total. The van der Waals surface area contributed by atoms with E-state index < -0.39 is 0 Å². The van der Waals surface area contributed by atoms with E-state index in [-0.39, 0.29) is 6.04 Å². The summed E-state index contributed by atoms with van der Waals surface area (Å²) >= 11 is 0. The summed E-state index contributed by atoms with van der Waals surface area (Å²) < 4.78 is 1.87. The zero-order valence-corrected chi connectivity index (χ0v) is 11.2. The Balaban J connectivity index is 2.06. The Morgan fingerprint density at radius 1 is 1.05 bits per heavy atom. The largest absolute Gasteiger partial charge is 0.384 e. The van der Waals surface area contributed by atoms with Crippen molar-refractivity contribution >= 4 is 16.6 Å².